The molecule has 0 bridgehead atoms. The highest BCUT2D eigenvalue weighted by Gasteiger charge is 1.91. The fourth-order valence-electron chi connectivity index (χ4n) is 1.07. The maximum atomic E-state index is 10.4. The Balaban J connectivity index is 0.000000172. The van der Waals surface area contributed by atoms with Gasteiger partial charge in [-0.25, -0.2) is 0 Å². The lowest BCUT2D eigenvalue weighted by Crippen LogP contribution is -1.81. The quantitative estimate of drug-likeness (QED) is 0.851. The van der Waals surface area contributed by atoms with Crippen molar-refractivity contribution in [3.8, 4) is 0 Å². The van der Waals surface area contributed by atoms with Gasteiger partial charge in [0.2, 0.25) is 0 Å². The van der Waals surface area contributed by atoms with E-state index in [4.69, 9.17) is 0 Å². The van der Waals surface area contributed by atoms with E-state index in [2.05, 4.69) is 24.5 Å². The highest BCUT2D eigenvalue weighted by atomic mass is 31.1. The third kappa shape index (κ3) is 5.08. The first-order valence-corrected chi connectivity index (χ1v) is 6.55. The van der Waals surface area contributed by atoms with Crippen LogP contribution in [0.15, 0.2) is 24.3 Å². The number of rotatable bonds is 4. The van der Waals surface area contributed by atoms with Crippen molar-refractivity contribution in [2.45, 2.75) is 13.8 Å². The predicted octanol–water partition coefficient (Wildman–Crippen LogP) is 2.41. The Morgan fingerprint density at radius 2 is 1.88 bits per heavy atom. The van der Waals surface area contributed by atoms with Gasteiger partial charge in [-0.05, 0) is 26.0 Å². The van der Waals surface area contributed by atoms with Crippen LogP contribution in [0.4, 0.5) is 0 Å². The lowest BCUT2D eigenvalue weighted by Gasteiger charge is -1.97. The molecule has 0 fully saturated rings. The number of aromatic amines is 1. The largest absolute Gasteiger partial charge is 0.319 e. The minimum absolute atomic E-state index is 0.456. The number of nitrogens with one attached hydrogen (secondary N) is 1. The average molecular weight is 257 g/mol. The van der Waals surface area contributed by atoms with Gasteiger partial charge in [0.15, 0.2) is 0 Å². The highest BCUT2D eigenvalue weighted by Crippen LogP contribution is 2.21. The van der Waals surface area contributed by atoms with Crippen molar-refractivity contribution in [2.75, 3.05) is 13.2 Å². The van der Waals surface area contributed by atoms with Crippen molar-refractivity contribution in [2.24, 2.45) is 0 Å². The first kappa shape index (κ1) is 13.8. The molecule has 7 heteroatoms. The fraction of sp³-hybridized carbons (Fsp3) is 0.400. The summed E-state index contributed by atoms with van der Waals surface area (Å²) < 4.78 is 19.6. The van der Waals surface area contributed by atoms with Crippen LogP contribution in [0, 0.1) is 0 Å². The summed E-state index contributed by atoms with van der Waals surface area (Å²) in [6, 6.07) is 7.74. The van der Waals surface area contributed by atoms with Crippen molar-refractivity contribution >= 4 is 19.3 Å². The molecular formula is C10H16N3O3P. The van der Waals surface area contributed by atoms with Gasteiger partial charge in [-0.2, -0.15) is 0 Å². The average Bonchev–Trinajstić information content (AvgIpc) is 2.78. The van der Waals surface area contributed by atoms with Gasteiger partial charge < -0.3 is 9.05 Å². The number of hydrogen-bond donors (Lipinski definition) is 1. The SMILES string of the molecule is CCO[PH](=O)OCC.c1ccc2[nH]nnc2c1. The summed E-state index contributed by atoms with van der Waals surface area (Å²) in [5, 5.41) is 10.2. The molecule has 0 radical (unpaired) electrons. The zero-order valence-corrected chi connectivity index (χ0v) is 10.8. The Morgan fingerprint density at radius 3 is 2.47 bits per heavy atom. The Bertz CT molecular complexity index is 423. The molecule has 0 aliphatic rings. The van der Waals surface area contributed by atoms with E-state index in [1.165, 1.54) is 0 Å². The van der Waals surface area contributed by atoms with Crippen LogP contribution in [-0.4, -0.2) is 28.6 Å². The third-order valence-electron chi connectivity index (χ3n) is 1.76. The second kappa shape index (κ2) is 7.95. The van der Waals surface area contributed by atoms with Crippen molar-refractivity contribution in [1.82, 2.24) is 15.4 Å². The van der Waals surface area contributed by atoms with Crippen molar-refractivity contribution in [3.63, 3.8) is 0 Å². The smallest absolute Gasteiger partial charge is 0.311 e. The van der Waals surface area contributed by atoms with Crippen molar-refractivity contribution in [1.29, 1.82) is 0 Å². The Morgan fingerprint density at radius 1 is 1.24 bits per heavy atom. The molecule has 0 aliphatic heterocycles. The normalized spacial score (nSPS) is 10.3. The summed E-state index contributed by atoms with van der Waals surface area (Å²) in [4.78, 5) is 0. The molecule has 1 aromatic heterocycles. The molecule has 2 aromatic rings. The standard InChI is InChI=1S/C6H5N3.C4H11O3P/c1-2-4-6-5(3-1)7-9-8-6;1-3-6-8(5)7-4-2/h1-4H,(H,7,8,9);8H,3-4H2,1-2H3. The van der Waals surface area contributed by atoms with Crippen LogP contribution in [0.2, 0.25) is 0 Å². The van der Waals surface area contributed by atoms with Gasteiger partial charge in [0, 0.05) is 0 Å². The van der Waals surface area contributed by atoms with Crippen LogP contribution in [0.5, 0.6) is 0 Å². The van der Waals surface area contributed by atoms with Gasteiger partial charge >= 0.3 is 8.25 Å². The van der Waals surface area contributed by atoms with E-state index in [0.29, 0.717) is 13.2 Å². The van der Waals surface area contributed by atoms with E-state index >= 15 is 0 Å². The molecule has 0 saturated heterocycles. The van der Waals surface area contributed by atoms with Gasteiger partial charge in [-0.3, -0.25) is 9.66 Å². The molecule has 94 valence electrons. The Hall–Kier alpha value is -1.23. The monoisotopic (exact) mass is 257 g/mol. The summed E-state index contributed by atoms with van der Waals surface area (Å²) in [5.41, 5.74) is 1.90. The van der Waals surface area contributed by atoms with E-state index in [0.717, 1.165) is 11.0 Å². The second-order valence-corrected chi connectivity index (χ2v) is 4.02. The van der Waals surface area contributed by atoms with Gasteiger partial charge in [-0.15, -0.1) is 5.10 Å². The van der Waals surface area contributed by atoms with Crippen molar-refractivity contribution < 1.29 is 13.6 Å². The molecule has 1 heterocycles. The Kier molecular flexibility index (Phi) is 6.47. The molecule has 1 aromatic carbocycles. The first-order chi connectivity index (χ1) is 8.27. The number of fused-ring (bicyclic) bond motifs is 1. The molecule has 0 atom stereocenters. The molecular weight excluding hydrogens is 241 g/mol. The molecule has 6 nitrogen and oxygen atoms in total. The van der Waals surface area contributed by atoms with Crippen LogP contribution in [0.3, 0.4) is 0 Å². The van der Waals surface area contributed by atoms with Crippen LogP contribution in [-0.2, 0) is 13.6 Å². The van der Waals surface area contributed by atoms with Crippen LogP contribution >= 0.6 is 8.25 Å². The topological polar surface area (TPSA) is 77.1 Å². The summed E-state index contributed by atoms with van der Waals surface area (Å²) >= 11 is 0. The molecule has 1 N–H and O–H groups in total. The van der Waals surface area contributed by atoms with E-state index in [9.17, 15) is 4.57 Å². The maximum absolute atomic E-state index is 10.4. The summed E-state index contributed by atoms with van der Waals surface area (Å²) in [5.74, 6) is 0. The molecule has 0 spiro atoms. The maximum Gasteiger partial charge on any atom is 0.319 e. The summed E-state index contributed by atoms with van der Waals surface area (Å²) in [6.07, 6.45) is 0. The van der Waals surface area contributed by atoms with E-state index < -0.39 is 8.25 Å². The molecule has 0 saturated carbocycles. The van der Waals surface area contributed by atoms with Crippen molar-refractivity contribution in [3.05, 3.63) is 24.3 Å². The zero-order chi connectivity index (χ0) is 12.5. The second-order valence-electron chi connectivity index (χ2n) is 2.94. The molecule has 0 unspecified atom stereocenters. The summed E-state index contributed by atoms with van der Waals surface area (Å²) in [6.45, 7) is 4.47. The minimum atomic E-state index is -2.14. The van der Waals surface area contributed by atoms with Crippen LogP contribution in [0.1, 0.15) is 13.8 Å². The van der Waals surface area contributed by atoms with Crippen LogP contribution in [0.25, 0.3) is 11.0 Å². The lowest BCUT2D eigenvalue weighted by molar-refractivity contribution is 0.243. The van der Waals surface area contributed by atoms with E-state index in [1.807, 2.05) is 24.3 Å². The van der Waals surface area contributed by atoms with Gasteiger partial charge in [0.25, 0.3) is 0 Å². The fourth-order valence-corrected chi connectivity index (χ4v) is 1.62. The molecule has 2 rings (SSSR count). The highest BCUT2D eigenvalue weighted by molar-refractivity contribution is 7.33. The van der Waals surface area contributed by atoms with E-state index in [-0.39, 0.29) is 0 Å². The van der Waals surface area contributed by atoms with Gasteiger partial charge in [0.1, 0.15) is 5.52 Å². The Labute approximate surface area is 100 Å². The zero-order valence-electron chi connectivity index (χ0n) is 9.84. The van der Waals surface area contributed by atoms with Gasteiger partial charge in [0.05, 0.1) is 18.7 Å². The van der Waals surface area contributed by atoms with Crippen LogP contribution < -0.4 is 0 Å². The minimum Gasteiger partial charge on any atom is -0.311 e. The van der Waals surface area contributed by atoms with E-state index in [1.54, 1.807) is 13.8 Å². The number of hydrogen-bond acceptors (Lipinski definition) is 5. The van der Waals surface area contributed by atoms with Gasteiger partial charge in [-0.1, -0.05) is 17.3 Å². The number of benzene rings is 1. The summed E-state index contributed by atoms with van der Waals surface area (Å²) in [7, 11) is -2.14. The molecule has 0 amide bonds. The molecule has 0 aliphatic carbocycles. The molecule has 17 heavy (non-hydrogen) atoms. The number of aromatic nitrogens is 3. The predicted molar refractivity (Wildman–Crippen MR) is 66.1 cm³/mol. The number of para-hydroxylation sites is 1. The third-order valence-corrected chi connectivity index (χ3v) is 2.81. The number of H-pyrrole nitrogens is 1. The first-order valence-electron chi connectivity index (χ1n) is 5.33. The number of nitrogens with zero attached hydrogens (tertiary/aromatic N) is 2. The lowest BCUT2D eigenvalue weighted by atomic mass is 10.3.